The van der Waals surface area contributed by atoms with E-state index in [1.54, 1.807) is 6.92 Å². The van der Waals surface area contributed by atoms with Crippen molar-refractivity contribution < 1.29 is 14.3 Å². The molecule has 19 heavy (non-hydrogen) atoms. The van der Waals surface area contributed by atoms with E-state index < -0.39 is 5.97 Å². The fraction of sp³-hybridized carbons (Fsp3) is 0.692. The molecular formula is C13H21N3O3. The van der Waals surface area contributed by atoms with Crippen LogP contribution >= 0.6 is 0 Å². The highest BCUT2D eigenvalue weighted by Crippen LogP contribution is 2.21. The van der Waals surface area contributed by atoms with Gasteiger partial charge in [-0.05, 0) is 32.6 Å². The number of esters is 1. The Morgan fingerprint density at radius 3 is 3.05 bits per heavy atom. The van der Waals surface area contributed by atoms with E-state index in [1.165, 1.54) is 0 Å². The SMILES string of the molecule is CCOC(=O)c1nc(C)n(CCC2CCOC2)c1N. The first-order valence-corrected chi connectivity index (χ1v) is 6.71. The molecule has 0 spiro atoms. The van der Waals surface area contributed by atoms with Gasteiger partial charge in [0.2, 0.25) is 0 Å². The number of nitrogen functional groups attached to an aromatic ring is 1. The van der Waals surface area contributed by atoms with E-state index in [4.69, 9.17) is 15.2 Å². The molecule has 0 amide bonds. The Bertz CT molecular complexity index is 450. The van der Waals surface area contributed by atoms with Crippen LogP contribution in [0.2, 0.25) is 0 Å². The fourth-order valence-electron chi connectivity index (χ4n) is 2.34. The number of rotatable bonds is 5. The number of hydrogen-bond donors (Lipinski definition) is 1. The summed E-state index contributed by atoms with van der Waals surface area (Å²) in [6.45, 7) is 6.36. The van der Waals surface area contributed by atoms with E-state index in [0.29, 0.717) is 18.3 Å². The summed E-state index contributed by atoms with van der Waals surface area (Å²) in [6, 6.07) is 0. The highest BCUT2D eigenvalue weighted by Gasteiger charge is 2.21. The molecule has 1 aliphatic rings. The summed E-state index contributed by atoms with van der Waals surface area (Å²) in [5, 5.41) is 0. The lowest BCUT2D eigenvalue weighted by molar-refractivity contribution is 0.0521. The second-order valence-electron chi connectivity index (χ2n) is 4.78. The summed E-state index contributed by atoms with van der Waals surface area (Å²) < 4.78 is 12.2. The Kier molecular flexibility index (Phi) is 4.42. The van der Waals surface area contributed by atoms with Crippen LogP contribution in [0.5, 0.6) is 0 Å². The third kappa shape index (κ3) is 3.07. The standard InChI is InChI=1S/C13H21N3O3/c1-3-19-13(17)11-12(14)16(9(2)15-11)6-4-10-5-7-18-8-10/h10H,3-8,14H2,1-2H3. The number of anilines is 1. The zero-order chi connectivity index (χ0) is 13.8. The minimum Gasteiger partial charge on any atom is -0.461 e. The fourth-order valence-corrected chi connectivity index (χ4v) is 2.34. The van der Waals surface area contributed by atoms with E-state index in [2.05, 4.69) is 4.98 Å². The summed E-state index contributed by atoms with van der Waals surface area (Å²) in [4.78, 5) is 15.9. The molecular weight excluding hydrogens is 246 g/mol. The number of nitrogens with zero attached hydrogens (tertiary/aromatic N) is 2. The van der Waals surface area contributed by atoms with Crippen molar-refractivity contribution in [3.63, 3.8) is 0 Å². The van der Waals surface area contributed by atoms with Gasteiger partial charge in [-0.3, -0.25) is 0 Å². The van der Waals surface area contributed by atoms with Gasteiger partial charge in [-0.25, -0.2) is 9.78 Å². The summed E-state index contributed by atoms with van der Waals surface area (Å²) in [5.74, 6) is 1.27. The van der Waals surface area contributed by atoms with Crippen molar-refractivity contribution in [2.45, 2.75) is 33.2 Å². The van der Waals surface area contributed by atoms with Gasteiger partial charge < -0.3 is 19.8 Å². The largest absolute Gasteiger partial charge is 0.461 e. The van der Waals surface area contributed by atoms with Gasteiger partial charge in [-0.2, -0.15) is 0 Å². The Morgan fingerprint density at radius 2 is 2.42 bits per heavy atom. The molecule has 1 fully saturated rings. The topological polar surface area (TPSA) is 79.4 Å². The number of ether oxygens (including phenoxy) is 2. The molecule has 0 aromatic carbocycles. The smallest absolute Gasteiger partial charge is 0.360 e. The van der Waals surface area contributed by atoms with Gasteiger partial charge in [-0.15, -0.1) is 0 Å². The lowest BCUT2D eigenvalue weighted by Gasteiger charge is -2.11. The summed E-state index contributed by atoms with van der Waals surface area (Å²) >= 11 is 0. The number of carbonyl (C=O) groups is 1. The first-order chi connectivity index (χ1) is 9.13. The first-order valence-electron chi connectivity index (χ1n) is 6.71. The molecule has 6 heteroatoms. The maximum absolute atomic E-state index is 11.7. The average Bonchev–Trinajstić information content (AvgIpc) is 2.97. The maximum atomic E-state index is 11.7. The van der Waals surface area contributed by atoms with E-state index in [0.717, 1.165) is 38.4 Å². The Hall–Kier alpha value is -1.56. The highest BCUT2D eigenvalue weighted by molar-refractivity contribution is 5.92. The number of hydrogen-bond acceptors (Lipinski definition) is 5. The molecule has 1 aromatic rings. The van der Waals surface area contributed by atoms with Crippen LogP contribution in [-0.4, -0.2) is 35.3 Å². The Balaban J connectivity index is 2.05. The van der Waals surface area contributed by atoms with E-state index in [9.17, 15) is 4.79 Å². The molecule has 106 valence electrons. The van der Waals surface area contributed by atoms with Crippen molar-refractivity contribution in [2.24, 2.45) is 5.92 Å². The summed E-state index contributed by atoms with van der Waals surface area (Å²) in [7, 11) is 0. The minimum atomic E-state index is -0.453. The van der Waals surface area contributed by atoms with Crippen molar-refractivity contribution in [2.75, 3.05) is 25.6 Å². The highest BCUT2D eigenvalue weighted by atomic mass is 16.5. The predicted molar refractivity (Wildman–Crippen MR) is 70.9 cm³/mol. The molecule has 1 saturated heterocycles. The lowest BCUT2D eigenvalue weighted by Crippen LogP contribution is -2.12. The van der Waals surface area contributed by atoms with Gasteiger partial charge in [0.15, 0.2) is 5.69 Å². The van der Waals surface area contributed by atoms with Crippen molar-refractivity contribution in [1.29, 1.82) is 0 Å². The molecule has 2 N–H and O–H groups in total. The van der Waals surface area contributed by atoms with Crippen LogP contribution < -0.4 is 5.73 Å². The number of carbonyl (C=O) groups excluding carboxylic acids is 1. The van der Waals surface area contributed by atoms with Crippen LogP contribution in [-0.2, 0) is 16.0 Å². The van der Waals surface area contributed by atoms with E-state index in [-0.39, 0.29) is 5.69 Å². The van der Waals surface area contributed by atoms with Crippen LogP contribution in [0.3, 0.4) is 0 Å². The number of imidazole rings is 1. The normalized spacial score (nSPS) is 18.7. The van der Waals surface area contributed by atoms with Gasteiger partial charge >= 0.3 is 5.97 Å². The number of nitrogens with two attached hydrogens (primary N) is 1. The van der Waals surface area contributed by atoms with Crippen LogP contribution in [0.25, 0.3) is 0 Å². The molecule has 1 atom stereocenters. The predicted octanol–water partition coefficient (Wildman–Crippen LogP) is 1.38. The Morgan fingerprint density at radius 1 is 1.63 bits per heavy atom. The minimum absolute atomic E-state index is 0.224. The third-order valence-corrected chi connectivity index (χ3v) is 3.45. The van der Waals surface area contributed by atoms with Crippen LogP contribution in [0, 0.1) is 12.8 Å². The Labute approximate surface area is 112 Å². The molecule has 0 bridgehead atoms. The van der Waals surface area contributed by atoms with Crippen molar-refractivity contribution in [3.8, 4) is 0 Å². The molecule has 0 radical (unpaired) electrons. The molecule has 1 aliphatic heterocycles. The van der Waals surface area contributed by atoms with Crippen molar-refractivity contribution in [1.82, 2.24) is 9.55 Å². The second-order valence-corrected chi connectivity index (χ2v) is 4.78. The van der Waals surface area contributed by atoms with Crippen molar-refractivity contribution >= 4 is 11.8 Å². The first kappa shape index (κ1) is 13.9. The van der Waals surface area contributed by atoms with Gasteiger partial charge in [0, 0.05) is 19.8 Å². The molecule has 6 nitrogen and oxygen atoms in total. The van der Waals surface area contributed by atoms with Gasteiger partial charge in [0.25, 0.3) is 0 Å². The molecule has 2 heterocycles. The van der Waals surface area contributed by atoms with E-state index in [1.807, 2.05) is 11.5 Å². The van der Waals surface area contributed by atoms with Gasteiger partial charge in [-0.1, -0.05) is 0 Å². The number of aromatic nitrogens is 2. The molecule has 1 aromatic heterocycles. The number of aryl methyl sites for hydroxylation is 1. The third-order valence-electron chi connectivity index (χ3n) is 3.45. The zero-order valence-corrected chi connectivity index (χ0v) is 11.5. The maximum Gasteiger partial charge on any atom is 0.360 e. The quantitative estimate of drug-likeness (QED) is 0.815. The monoisotopic (exact) mass is 267 g/mol. The zero-order valence-electron chi connectivity index (χ0n) is 11.5. The van der Waals surface area contributed by atoms with Gasteiger partial charge in [0.1, 0.15) is 11.6 Å². The van der Waals surface area contributed by atoms with E-state index >= 15 is 0 Å². The van der Waals surface area contributed by atoms with Crippen LogP contribution in [0.15, 0.2) is 0 Å². The van der Waals surface area contributed by atoms with Crippen LogP contribution in [0.4, 0.5) is 5.82 Å². The van der Waals surface area contributed by atoms with Crippen molar-refractivity contribution in [3.05, 3.63) is 11.5 Å². The molecule has 1 unspecified atom stereocenters. The average molecular weight is 267 g/mol. The summed E-state index contributed by atoms with van der Waals surface area (Å²) in [5.41, 5.74) is 6.21. The van der Waals surface area contributed by atoms with Crippen LogP contribution in [0.1, 0.15) is 36.1 Å². The molecule has 2 rings (SSSR count). The molecule has 0 saturated carbocycles. The second kappa shape index (κ2) is 6.06. The summed E-state index contributed by atoms with van der Waals surface area (Å²) in [6.07, 6.45) is 2.09. The molecule has 0 aliphatic carbocycles. The van der Waals surface area contributed by atoms with Gasteiger partial charge in [0.05, 0.1) is 6.61 Å². The lowest BCUT2D eigenvalue weighted by atomic mass is 10.1.